The molecule has 0 saturated carbocycles. The molecule has 1 saturated heterocycles. The van der Waals surface area contributed by atoms with Crippen LogP contribution in [0.15, 0.2) is 35.5 Å². The molecule has 0 N–H and O–H groups in total. The molecule has 1 aliphatic rings. The second kappa shape index (κ2) is 5.01. The van der Waals surface area contributed by atoms with E-state index in [1.54, 1.807) is 6.26 Å². The number of carbonyl (C=O) groups is 1. The maximum Gasteiger partial charge on any atom is 0.223 e. The summed E-state index contributed by atoms with van der Waals surface area (Å²) in [5, 5.41) is 0. The molecule has 3 heteroatoms. The highest BCUT2D eigenvalue weighted by Crippen LogP contribution is 2.18. The van der Waals surface area contributed by atoms with Gasteiger partial charge in [0.1, 0.15) is 5.76 Å². The highest BCUT2D eigenvalue weighted by atomic mass is 16.3. The number of hydrogen-bond donors (Lipinski definition) is 0. The van der Waals surface area contributed by atoms with Gasteiger partial charge in [0.25, 0.3) is 0 Å². The molecule has 16 heavy (non-hydrogen) atoms. The van der Waals surface area contributed by atoms with Crippen molar-refractivity contribution in [3.63, 3.8) is 0 Å². The maximum atomic E-state index is 11.6. The number of hydrogen-bond acceptors (Lipinski definition) is 2. The monoisotopic (exact) mass is 219 g/mol. The normalized spacial score (nSPS) is 20.4. The van der Waals surface area contributed by atoms with Gasteiger partial charge < -0.3 is 9.32 Å². The molecule has 2 heterocycles. The lowest BCUT2D eigenvalue weighted by atomic mass is 10.1. The second-order valence-corrected chi connectivity index (χ2v) is 4.22. The third kappa shape index (κ3) is 2.54. The van der Waals surface area contributed by atoms with Gasteiger partial charge in [0.2, 0.25) is 5.91 Å². The van der Waals surface area contributed by atoms with E-state index in [1.165, 1.54) is 0 Å². The van der Waals surface area contributed by atoms with Gasteiger partial charge in [0.05, 0.1) is 6.26 Å². The number of furan rings is 1. The smallest absolute Gasteiger partial charge is 0.223 e. The Hall–Kier alpha value is -1.51. The van der Waals surface area contributed by atoms with Crippen LogP contribution in [-0.4, -0.2) is 23.9 Å². The van der Waals surface area contributed by atoms with Crippen molar-refractivity contribution in [3.05, 3.63) is 36.8 Å². The summed E-state index contributed by atoms with van der Waals surface area (Å²) in [6.07, 6.45) is 6.05. The van der Waals surface area contributed by atoms with Crippen LogP contribution in [0.25, 0.3) is 0 Å². The summed E-state index contributed by atoms with van der Waals surface area (Å²) in [5.74, 6) is 1.59. The minimum absolute atomic E-state index is 0.254. The number of rotatable bonds is 5. The highest BCUT2D eigenvalue weighted by molar-refractivity contribution is 5.78. The van der Waals surface area contributed by atoms with Crippen molar-refractivity contribution >= 4 is 5.91 Å². The minimum atomic E-state index is 0.254. The molecular formula is C13H17NO2. The van der Waals surface area contributed by atoms with Crippen molar-refractivity contribution in [2.75, 3.05) is 13.1 Å². The molecule has 0 aliphatic carbocycles. The van der Waals surface area contributed by atoms with Crippen molar-refractivity contribution < 1.29 is 9.21 Å². The molecule has 1 unspecified atom stereocenters. The third-order valence-corrected chi connectivity index (χ3v) is 3.01. The van der Waals surface area contributed by atoms with E-state index in [0.717, 1.165) is 31.7 Å². The molecule has 3 nitrogen and oxygen atoms in total. The van der Waals surface area contributed by atoms with Gasteiger partial charge in [-0.05, 0) is 18.6 Å². The van der Waals surface area contributed by atoms with Crippen molar-refractivity contribution in [3.8, 4) is 0 Å². The Morgan fingerprint density at radius 3 is 3.12 bits per heavy atom. The van der Waals surface area contributed by atoms with Crippen molar-refractivity contribution in [2.24, 2.45) is 5.92 Å². The fraction of sp³-hybridized carbons (Fsp3) is 0.462. The molecule has 1 atom stereocenters. The zero-order chi connectivity index (χ0) is 11.4. The van der Waals surface area contributed by atoms with Crippen LogP contribution in [-0.2, 0) is 11.2 Å². The average molecular weight is 219 g/mol. The molecule has 86 valence electrons. The van der Waals surface area contributed by atoms with E-state index >= 15 is 0 Å². The summed E-state index contributed by atoms with van der Waals surface area (Å²) in [6, 6.07) is 3.86. The van der Waals surface area contributed by atoms with Crippen LogP contribution in [0.4, 0.5) is 0 Å². The van der Waals surface area contributed by atoms with Gasteiger partial charge in [0.15, 0.2) is 0 Å². The van der Waals surface area contributed by atoms with Gasteiger partial charge in [-0.3, -0.25) is 4.79 Å². The lowest BCUT2D eigenvalue weighted by Gasteiger charge is -2.15. The summed E-state index contributed by atoms with van der Waals surface area (Å²) in [7, 11) is 0. The van der Waals surface area contributed by atoms with E-state index in [-0.39, 0.29) is 5.91 Å². The molecule has 1 amide bonds. The summed E-state index contributed by atoms with van der Waals surface area (Å²) in [5.41, 5.74) is 0. The molecule has 1 aromatic heterocycles. The van der Waals surface area contributed by atoms with E-state index in [1.807, 2.05) is 23.1 Å². The second-order valence-electron chi connectivity index (χ2n) is 4.22. The van der Waals surface area contributed by atoms with Crippen LogP contribution in [0.2, 0.25) is 0 Å². The van der Waals surface area contributed by atoms with Crippen LogP contribution in [0.3, 0.4) is 0 Å². The predicted octanol–water partition coefficient (Wildman–Crippen LogP) is 2.25. The van der Waals surface area contributed by atoms with Gasteiger partial charge in [-0.1, -0.05) is 6.08 Å². The first-order chi connectivity index (χ1) is 7.79. The van der Waals surface area contributed by atoms with Crippen molar-refractivity contribution in [1.82, 2.24) is 4.90 Å². The maximum absolute atomic E-state index is 11.6. The van der Waals surface area contributed by atoms with Gasteiger partial charge in [-0.2, -0.15) is 0 Å². The van der Waals surface area contributed by atoms with Crippen LogP contribution in [0.1, 0.15) is 18.6 Å². The Labute approximate surface area is 95.7 Å². The summed E-state index contributed by atoms with van der Waals surface area (Å²) >= 11 is 0. The number of aryl methyl sites for hydroxylation is 1. The molecule has 0 bridgehead atoms. The van der Waals surface area contributed by atoms with Crippen molar-refractivity contribution in [2.45, 2.75) is 19.3 Å². The van der Waals surface area contributed by atoms with Crippen molar-refractivity contribution in [1.29, 1.82) is 0 Å². The molecule has 0 radical (unpaired) electrons. The third-order valence-electron chi connectivity index (χ3n) is 3.01. The predicted molar refractivity (Wildman–Crippen MR) is 61.9 cm³/mol. The average Bonchev–Trinajstić information content (AvgIpc) is 2.89. The van der Waals surface area contributed by atoms with Crippen LogP contribution < -0.4 is 0 Å². The standard InChI is InChI=1S/C13H17NO2/c1-2-11-9-13(15)14(10-11)7-3-5-12-6-4-8-16-12/h2,4,6,8,11H,1,3,5,7,9-10H2. The fourth-order valence-electron chi connectivity index (χ4n) is 2.08. The Morgan fingerprint density at radius 1 is 1.62 bits per heavy atom. The fourth-order valence-corrected chi connectivity index (χ4v) is 2.08. The lowest BCUT2D eigenvalue weighted by molar-refractivity contribution is -0.127. The molecular weight excluding hydrogens is 202 g/mol. The van der Waals surface area contributed by atoms with E-state index in [4.69, 9.17) is 4.42 Å². The van der Waals surface area contributed by atoms with E-state index in [9.17, 15) is 4.79 Å². The first kappa shape index (κ1) is 11.0. The van der Waals surface area contributed by atoms with Gasteiger partial charge in [0, 0.05) is 31.8 Å². The quantitative estimate of drug-likeness (QED) is 0.712. The first-order valence-corrected chi connectivity index (χ1v) is 5.72. The van der Waals surface area contributed by atoms with E-state index < -0.39 is 0 Å². The van der Waals surface area contributed by atoms with Gasteiger partial charge >= 0.3 is 0 Å². The first-order valence-electron chi connectivity index (χ1n) is 5.72. The Morgan fingerprint density at radius 2 is 2.50 bits per heavy atom. The molecule has 1 aromatic rings. The van der Waals surface area contributed by atoms with Gasteiger partial charge in [-0.15, -0.1) is 6.58 Å². The highest BCUT2D eigenvalue weighted by Gasteiger charge is 2.26. The molecule has 1 fully saturated rings. The lowest BCUT2D eigenvalue weighted by Crippen LogP contribution is -2.26. The van der Waals surface area contributed by atoms with E-state index in [2.05, 4.69) is 6.58 Å². The van der Waals surface area contributed by atoms with Crippen LogP contribution in [0.5, 0.6) is 0 Å². The molecule has 0 aromatic carbocycles. The number of likely N-dealkylation sites (tertiary alicyclic amines) is 1. The molecule has 0 spiro atoms. The zero-order valence-electron chi connectivity index (χ0n) is 9.39. The van der Waals surface area contributed by atoms with Gasteiger partial charge in [-0.25, -0.2) is 0 Å². The zero-order valence-corrected chi connectivity index (χ0v) is 9.39. The largest absolute Gasteiger partial charge is 0.469 e. The molecule has 2 rings (SSSR count). The number of nitrogens with zero attached hydrogens (tertiary/aromatic N) is 1. The topological polar surface area (TPSA) is 33.5 Å². The number of amides is 1. The van der Waals surface area contributed by atoms with Crippen LogP contribution >= 0.6 is 0 Å². The SMILES string of the molecule is C=CC1CC(=O)N(CCCc2ccco2)C1. The molecule has 1 aliphatic heterocycles. The Balaban J connectivity index is 1.74. The Kier molecular flexibility index (Phi) is 3.44. The van der Waals surface area contributed by atoms with E-state index in [0.29, 0.717) is 12.3 Å². The summed E-state index contributed by atoms with van der Waals surface area (Å²) < 4.78 is 5.25. The Bertz CT molecular complexity index is 356. The summed E-state index contributed by atoms with van der Waals surface area (Å²) in [4.78, 5) is 13.5. The number of carbonyl (C=O) groups excluding carboxylic acids is 1. The van der Waals surface area contributed by atoms with Crippen LogP contribution in [0, 0.1) is 5.92 Å². The summed E-state index contributed by atoms with van der Waals surface area (Å²) in [6.45, 7) is 5.40. The minimum Gasteiger partial charge on any atom is -0.469 e.